The molecule has 0 aromatic carbocycles. The van der Waals surface area contributed by atoms with Crippen molar-refractivity contribution in [3.05, 3.63) is 40.9 Å². The van der Waals surface area contributed by atoms with E-state index in [2.05, 4.69) is 15.3 Å². The van der Waals surface area contributed by atoms with Crippen molar-refractivity contribution < 1.29 is 9.90 Å². The van der Waals surface area contributed by atoms with Crippen molar-refractivity contribution >= 4 is 12.0 Å². The molecule has 1 amide bonds. The molecule has 0 spiro atoms. The number of nitrogens with one attached hydrogen (secondary N) is 1. The highest BCUT2D eigenvalue weighted by Crippen LogP contribution is 2.18. The fraction of sp³-hybridized carbons (Fsp3) is 0.333. The van der Waals surface area contributed by atoms with Crippen molar-refractivity contribution in [2.45, 2.75) is 12.5 Å². The van der Waals surface area contributed by atoms with Gasteiger partial charge in [-0.15, -0.1) is 0 Å². The Morgan fingerprint density at radius 1 is 1.39 bits per heavy atom. The van der Waals surface area contributed by atoms with E-state index < -0.39 is 6.09 Å². The summed E-state index contributed by atoms with van der Waals surface area (Å²) in [6, 6.07) is 4.98. The number of nitrogens with zero attached hydrogens (tertiary/aromatic N) is 4. The number of amides is 1. The van der Waals surface area contributed by atoms with Crippen LogP contribution in [0.1, 0.15) is 6.42 Å². The summed E-state index contributed by atoms with van der Waals surface area (Å²) in [7, 11) is 1.64. The standard InChI is InChI=1S/C15H17N5O3/c1-19-13(21)8-12(10-2-5-16-6-3-10)18-14(19)17-11-4-7-20(9-11)15(22)23/h2-3,5-6,8,11H,4,7,9H2,1H3,(H,17,18)(H,22,23). The van der Waals surface area contributed by atoms with Crippen LogP contribution in [0.15, 0.2) is 35.4 Å². The number of aromatic nitrogens is 3. The summed E-state index contributed by atoms with van der Waals surface area (Å²) in [5.74, 6) is 0.432. The predicted octanol–water partition coefficient (Wildman–Crippen LogP) is 1.01. The Morgan fingerprint density at radius 3 is 2.78 bits per heavy atom. The van der Waals surface area contributed by atoms with Gasteiger partial charge in [-0.3, -0.25) is 14.3 Å². The van der Waals surface area contributed by atoms with E-state index in [9.17, 15) is 9.59 Å². The molecule has 2 aromatic heterocycles. The van der Waals surface area contributed by atoms with Gasteiger partial charge in [-0.2, -0.15) is 0 Å². The van der Waals surface area contributed by atoms with Crippen LogP contribution < -0.4 is 10.9 Å². The van der Waals surface area contributed by atoms with Gasteiger partial charge in [0.05, 0.1) is 5.69 Å². The second kappa shape index (κ2) is 6.07. The molecular weight excluding hydrogens is 298 g/mol. The average Bonchev–Trinajstić information content (AvgIpc) is 3.01. The molecule has 120 valence electrons. The lowest BCUT2D eigenvalue weighted by atomic mass is 10.2. The number of carbonyl (C=O) groups is 1. The predicted molar refractivity (Wildman–Crippen MR) is 84.3 cm³/mol. The first-order chi connectivity index (χ1) is 11.0. The third-order valence-electron chi connectivity index (χ3n) is 3.90. The smallest absolute Gasteiger partial charge is 0.407 e. The molecule has 0 aliphatic carbocycles. The summed E-state index contributed by atoms with van der Waals surface area (Å²) in [5, 5.41) is 12.2. The molecule has 23 heavy (non-hydrogen) atoms. The molecular formula is C15H17N5O3. The van der Waals surface area contributed by atoms with Crippen molar-refractivity contribution in [3.8, 4) is 11.3 Å². The molecule has 0 radical (unpaired) electrons. The van der Waals surface area contributed by atoms with E-state index in [-0.39, 0.29) is 11.6 Å². The second-order valence-corrected chi connectivity index (χ2v) is 5.46. The van der Waals surface area contributed by atoms with E-state index in [1.165, 1.54) is 15.5 Å². The average molecular weight is 315 g/mol. The van der Waals surface area contributed by atoms with Crippen molar-refractivity contribution in [2.24, 2.45) is 7.05 Å². The van der Waals surface area contributed by atoms with Crippen LogP contribution in [0.5, 0.6) is 0 Å². The number of hydrogen-bond acceptors (Lipinski definition) is 5. The normalized spacial score (nSPS) is 17.3. The highest BCUT2D eigenvalue weighted by molar-refractivity contribution is 5.65. The zero-order valence-electron chi connectivity index (χ0n) is 12.6. The van der Waals surface area contributed by atoms with Crippen LogP contribution in [-0.2, 0) is 7.05 Å². The van der Waals surface area contributed by atoms with Gasteiger partial charge in [0, 0.05) is 50.2 Å². The summed E-state index contributed by atoms with van der Waals surface area (Å²) in [6.45, 7) is 0.857. The molecule has 1 unspecified atom stereocenters. The monoisotopic (exact) mass is 315 g/mol. The van der Waals surface area contributed by atoms with Crippen LogP contribution in [0.25, 0.3) is 11.3 Å². The van der Waals surface area contributed by atoms with Gasteiger partial charge in [0.2, 0.25) is 5.95 Å². The highest BCUT2D eigenvalue weighted by Gasteiger charge is 2.26. The van der Waals surface area contributed by atoms with Gasteiger partial charge in [0.1, 0.15) is 0 Å². The van der Waals surface area contributed by atoms with E-state index in [0.717, 1.165) is 5.56 Å². The number of rotatable bonds is 3. The highest BCUT2D eigenvalue weighted by atomic mass is 16.4. The first-order valence-electron chi connectivity index (χ1n) is 7.27. The first-order valence-corrected chi connectivity index (χ1v) is 7.27. The van der Waals surface area contributed by atoms with Crippen LogP contribution in [0, 0.1) is 0 Å². The van der Waals surface area contributed by atoms with Crippen LogP contribution in [-0.4, -0.2) is 49.8 Å². The molecule has 2 N–H and O–H groups in total. The van der Waals surface area contributed by atoms with Crippen molar-refractivity contribution in [3.63, 3.8) is 0 Å². The topological polar surface area (TPSA) is 100 Å². The minimum atomic E-state index is -0.929. The second-order valence-electron chi connectivity index (χ2n) is 5.46. The lowest BCUT2D eigenvalue weighted by molar-refractivity contribution is 0.155. The van der Waals surface area contributed by atoms with Gasteiger partial charge >= 0.3 is 6.09 Å². The molecule has 1 fully saturated rings. The van der Waals surface area contributed by atoms with Crippen molar-refractivity contribution in [2.75, 3.05) is 18.4 Å². The van der Waals surface area contributed by atoms with Crippen LogP contribution >= 0.6 is 0 Å². The first kappa shape index (κ1) is 15.0. The molecule has 8 nitrogen and oxygen atoms in total. The number of likely N-dealkylation sites (tertiary alicyclic amines) is 1. The Hall–Kier alpha value is -2.90. The number of anilines is 1. The van der Waals surface area contributed by atoms with E-state index in [0.29, 0.717) is 31.2 Å². The molecule has 1 aliphatic heterocycles. The molecule has 1 aliphatic rings. The van der Waals surface area contributed by atoms with E-state index >= 15 is 0 Å². The SMILES string of the molecule is Cn1c(NC2CCN(C(=O)O)C2)nc(-c2ccncc2)cc1=O. The summed E-state index contributed by atoms with van der Waals surface area (Å²) in [4.78, 5) is 32.9. The van der Waals surface area contributed by atoms with Gasteiger partial charge in [0.15, 0.2) is 0 Å². The Balaban J connectivity index is 1.86. The number of pyridine rings is 1. The molecule has 3 heterocycles. The van der Waals surface area contributed by atoms with E-state index in [1.54, 1.807) is 31.6 Å². The molecule has 1 atom stereocenters. The van der Waals surface area contributed by atoms with Gasteiger partial charge in [-0.1, -0.05) is 0 Å². The zero-order chi connectivity index (χ0) is 16.4. The fourth-order valence-electron chi connectivity index (χ4n) is 2.57. The molecule has 0 saturated carbocycles. The largest absolute Gasteiger partial charge is 0.465 e. The van der Waals surface area contributed by atoms with E-state index in [1.807, 2.05) is 0 Å². The molecule has 0 bridgehead atoms. The summed E-state index contributed by atoms with van der Waals surface area (Å²) >= 11 is 0. The van der Waals surface area contributed by atoms with Crippen LogP contribution in [0.2, 0.25) is 0 Å². The van der Waals surface area contributed by atoms with Gasteiger partial charge in [0.25, 0.3) is 5.56 Å². The van der Waals surface area contributed by atoms with Crippen molar-refractivity contribution in [1.29, 1.82) is 0 Å². The Bertz CT molecular complexity index is 774. The van der Waals surface area contributed by atoms with Crippen LogP contribution in [0.3, 0.4) is 0 Å². The fourth-order valence-corrected chi connectivity index (χ4v) is 2.57. The number of hydrogen-bond donors (Lipinski definition) is 2. The Labute approximate surface area is 132 Å². The lowest BCUT2D eigenvalue weighted by Crippen LogP contribution is -2.32. The van der Waals surface area contributed by atoms with Gasteiger partial charge in [-0.25, -0.2) is 9.78 Å². The molecule has 2 aromatic rings. The lowest BCUT2D eigenvalue weighted by Gasteiger charge is -2.17. The summed E-state index contributed by atoms with van der Waals surface area (Å²) in [6.07, 6.45) is 3.04. The molecule has 3 rings (SSSR count). The Morgan fingerprint density at radius 2 is 2.13 bits per heavy atom. The molecule has 8 heteroatoms. The maximum Gasteiger partial charge on any atom is 0.407 e. The molecule has 1 saturated heterocycles. The van der Waals surface area contributed by atoms with E-state index in [4.69, 9.17) is 5.11 Å². The maximum absolute atomic E-state index is 12.1. The van der Waals surface area contributed by atoms with Crippen LogP contribution in [0.4, 0.5) is 10.7 Å². The quantitative estimate of drug-likeness (QED) is 0.876. The third kappa shape index (κ3) is 3.15. The summed E-state index contributed by atoms with van der Waals surface area (Å²) in [5.41, 5.74) is 1.19. The zero-order valence-corrected chi connectivity index (χ0v) is 12.6. The Kier molecular flexibility index (Phi) is 3.96. The van der Waals surface area contributed by atoms with Gasteiger partial charge in [-0.05, 0) is 18.6 Å². The number of carboxylic acid groups (broad SMARTS) is 1. The maximum atomic E-state index is 12.1. The minimum absolute atomic E-state index is 0.0584. The minimum Gasteiger partial charge on any atom is -0.465 e. The van der Waals surface area contributed by atoms with Gasteiger partial charge < -0.3 is 15.3 Å². The third-order valence-corrected chi connectivity index (χ3v) is 3.90. The summed E-state index contributed by atoms with van der Waals surface area (Å²) < 4.78 is 1.42. The van der Waals surface area contributed by atoms with Crippen molar-refractivity contribution in [1.82, 2.24) is 19.4 Å².